The zero-order valence-electron chi connectivity index (χ0n) is 23.3. The van der Waals surface area contributed by atoms with Crippen molar-refractivity contribution >= 4 is 23.7 Å². The van der Waals surface area contributed by atoms with Gasteiger partial charge in [0.05, 0.1) is 12.0 Å². The van der Waals surface area contributed by atoms with Crippen LogP contribution in [0.4, 0.5) is 4.79 Å². The Labute approximate surface area is 236 Å². The van der Waals surface area contributed by atoms with Crippen LogP contribution in [0.1, 0.15) is 69.0 Å². The van der Waals surface area contributed by atoms with Gasteiger partial charge in [0, 0.05) is 51.4 Å². The van der Waals surface area contributed by atoms with Gasteiger partial charge in [-0.3, -0.25) is 19.4 Å². The van der Waals surface area contributed by atoms with E-state index in [4.69, 9.17) is 4.74 Å². The highest BCUT2D eigenvalue weighted by Crippen LogP contribution is 2.25. The van der Waals surface area contributed by atoms with Gasteiger partial charge in [-0.2, -0.15) is 0 Å². The van der Waals surface area contributed by atoms with Gasteiger partial charge in [-0.05, 0) is 62.1 Å². The van der Waals surface area contributed by atoms with Crippen molar-refractivity contribution < 1.29 is 23.9 Å². The summed E-state index contributed by atoms with van der Waals surface area (Å²) in [5.74, 6) is 0.0326. The van der Waals surface area contributed by atoms with Crippen molar-refractivity contribution in [3.05, 3.63) is 66.0 Å². The molecule has 0 unspecified atom stereocenters. The van der Waals surface area contributed by atoms with Gasteiger partial charge in [0.25, 0.3) is 0 Å². The molecule has 3 heterocycles. The number of hydrogen-bond donors (Lipinski definition) is 1. The predicted molar refractivity (Wildman–Crippen MR) is 150 cm³/mol. The van der Waals surface area contributed by atoms with Crippen LogP contribution in [0.5, 0.6) is 0 Å². The van der Waals surface area contributed by atoms with E-state index in [1.807, 2.05) is 41.3 Å². The van der Waals surface area contributed by atoms with E-state index in [9.17, 15) is 19.2 Å². The van der Waals surface area contributed by atoms with Crippen LogP contribution in [0.25, 0.3) is 0 Å². The first kappa shape index (κ1) is 29.2. The highest BCUT2D eigenvalue weighted by atomic mass is 16.6. The summed E-state index contributed by atoms with van der Waals surface area (Å²) in [4.78, 5) is 58.1. The molecule has 0 bridgehead atoms. The van der Waals surface area contributed by atoms with Crippen LogP contribution in [-0.2, 0) is 25.7 Å². The molecule has 2 aliphatic heterocycles. The smallest absolute Gasteiger partial charge is 0.410 e. The molecule has 0 radical (unpaired) electrons. The fourth-order valence-corrected chi connectivity index (χ4v) is 5.53. The van der Waals surface area contributed by atoms with E-state index in [2.05, 4.69) is 10.3 Å². The lowest BCUT2D eigenvalue weighted by molar-refractivity contribution is -0.136. The summed E-state index contributed by atoms with van der Waals surface area (Å²) in [6.45, 7) is 4.11. The number of amides is 3. The Kier molecular flexibility index (Phi) is 10.7. The molecule has 2 aromatic rings. The maximum atomic E-state index is 13.1. The van der Waals surface area contributed by atoms with Gasteiger partial charge in [0.15, 0.2) is 0 Å². The van der Waals surface area contributed by atoms with Crippen LogP contribution in [0, 0.1) is 11.8 Å². The second-order valence-electron chi connectivity index (χ2n) is 10.9. The highest BCUT2D eigenvalue weighted by Gasteiger charge is 2.31. The van der Waals surface area contributed by atoms with Crippen LogP contribution >= 0.6 is 0 Å². The highest BCUT2D eigenvalue weighted by molar-refractivity contribution is 5.83. The third kappa shape index (κ3) is 8.63. The number of hydrogen-bond acceptors (Lipinski definition) is 6. The van der Waals surface area contributed by atoms with E-state index in [1.54, 1.807) is 23.4 Å². The van der Waals surface area contributed by atoms with E-state index < -0.39 is 6.04 Å². The van der Waals surface area contributed by atoms with Crippen LogP contribution < -0.4 is 5.32 Å². The number of ketones is 1. The van der Waals surface area contributed by atoms with Gasteiger partial charge >= 0.3 is 6.09 Å². The predicted octanol–water partition coefficient (Wildman–Crippen LogP) is 4.29. The minimum atomic E-state index is -0.425. The number of pyridine rings is 1. The largest absolute Gasteiger partial charge is 0.445 e. The molecule has 9 nitrogen and oxygen atoms in total. The summed E-state index contributed by atoms with van der Waals surface area (Å²) in [6, 6.07) is 12.9. The average Bonchev–Trinajstić information content (AvgIpc) is 2.99. The number of benzene rings is 1. The van der Waals surface area contributed by atoms with Crippen molar-refractivity contribution in [2.24, 2.45) is 11.8 Å². The lowest BCUT2D eigenvalue weighted by Gasteiger charge is -2.34. The van der Waals surface area contributed by atoms with Gasteiger partial charge in [-0.15, -0.1) is 0 Å². The molecule has 2 aliphatic rings. The second kappa shape index (κ2) is 14.6. The molecular weight excluding hydrogens is 508 g/mol. The summed E-state index contributed by atoms with van der Waals surface area (Å²) >= 11 is 0. The van der Waals surface area contributed by atoms with Gasteiger partial charge in [0.1, 0.15) is 12.4 Å². The van der Waals surface area contributed by atoms with Crippen LogP contribution in [0.2, 0.25) is 0 Å². The number of piperidine rings is 2. The molecule has 0 aliphatic carbocycles. The third-order valence-corrected chi connectivity index (χ3v) is 7.88. The van der Waals surface area contributed by atoms with Crippen molar-refractivity contribution in [1.29, 1.82) is 0 Å². The van der Waals surface area contributed by atoms with Gasteiger partial charge < -0.3 is 19.9 Å². The first-order valence-electron chi connectivity index (χ1n) is 14.3. The number of likely N-dealkylation sites (tertiary alicyclic amines) is 2. The van der Waals surface area contributed by atoms with E-state index in [0.29, 0.717) is 44.9 Å². The lowest BCUT2D eigenvalue weighted by Crippen LogP contribution is -2.46. The van der Waals surface area contributed by atoms with E-state index >= 15 is 0 Å². The minimum Gasteiger partial charge on any atom is -0.445 e. The van der Waals surface area contributed by atoms with Crippen molar-refractivity contribution in [3.63, 3.8) is 0 Å². The Balaban J connectivity index is 1.19. The number of carbonyl (C=O) groups is 4. The molecule has 0 saturated carbocycles. The van der Waals surface area contributed by atoms with Crippen LogP contribution in [-0.4, -0.2) is 64.7 Å². The first-order chi connectivity index (χ1) is 19.4. The number of rotatable bonds is 10. The monoisotopic (exact) mass is 548 g/mol. The minimum absolute atomic E-state index is 0.00971. The van der Waals surface area contributed by atoms with Crippen LogP contribution in [0.3, 0.4) is 0 Å². The molecule has 2 fully saturated rings. The molecule has 1 N–H and O–H groups in total. The van der Waals surface area contributed by atoms with E-state index in [-0.39, 0.29) is 42.6 Å². The molecule has 9 heteroatoms. The number of ether oxygens (including phenoxy) is 1. The third-order valence-electron chi connectivity index (χ3n) is 7.88. The van der Waals surface area contributed by atoms with Gasteiger partial charge in [-0.25, -0.2) is 4.79 Å². The average molecular weight is 549 g/mol. The lowest BCUT2D eigenvalue weighted by atomic mass is 9.91. The molecular formula is C31H40N4O5. The number of nitrogens with one attached hydrogen (secondary N) is 1. The molecule has 214 valence electrons. The Morgan fingerprint density at radius 2 is 1.77 bits per heavy atom. The Morgan fingerprint density at radius 3 is 2.48 bits per heavy atom. The molecule has 3 amide bonds. The SMILES string of the molecule is CC(=O)C[C@@H](NC(=O)[C@@H]1CCCN(C(=O)CCC2CCN(C(=O)OCc3ccccc3)CC2)C1)c1cccnc1. The Bertz CT molecular complexity index is 1130. The summed E-state index contributed by atoms with van der Waals surface area (Å²) in [7, 11) is 0. The fraction of sp³-hybridized carbons (Fsp3) is 0.516. The number of aromatic nitrogens is 1. The maximum absolute atomic E-state index is 13.1. The maximum Gasteiger partial charge on any atom is 0.410 e. The second-order valence-corrected chi connectivity index (χ2v) is 10.9. The Morgan fingerprint density at radius 1 is 1.00 bits per heavy atom. The van der Waals surface area contributed by atoms with Gasteiger partial charge in [0.2, 0.25) is 11.8 Å². The van der Waals surface area contributed by atoms with E-state index in [1.165, 1.54) is 6.92 Å². The first-order valence-corrected chi connectivity index (χ1v) is 14.3. The number of Topliss-reactive ketones (excluding diaryl/α,β-unsaturated/α-hetero) is 1. The standard InChI is InChI=1S/C31H40N4O5/c1-23(36)19-28(26-9-5-15-32-20-26)33-30(38)27-10-6-16-35(21-27)29(37)12-11-24-13-17-34(18-14-24)31(39)40-22-25-7-3-2-4-8-25/h2-5,7-9,15,20,24,27-28H,6,10-14,16-19,21-22H2,1H3,(H,33,38)/t27-,28-/m1/s1. The van der Waals surface area contributed by atoms with Crippen molar-refractivity contribution in [2.45, 2.75) is 64.5 Å². The summed E-state index contributed by atoms with van der Waals surface area (Å²) in [5.41, 5.74) is 1.76. The Hall–Kier alpha value is -3.75. The zero-order valence-corrected chi connectivity index (χ0v) is 23.3. The fourth-order valence-electron chi connectivity index (χ4n) is 5.53. The molecule has 1 aromatic carbocycles. The molecule has 2 saturated heterocycles. The zero-order chi connectivity index (χ0) is 28.3. The summed E-state index contributed by atoms with van der Waals surface area (Å²) < 4.78 is 5.45. The van der Waals surface area contributed by atoms with Crippen molar-refractivity contribution in [2.75, 3.05) is 26.2 Å². The summed E-state index contributed by atoms with van der Waals surface area (Å²) in [5, 5.41) is 3.03. The van der Waals surface area contributed by atoms with Gasteiger partial charge in [-0.1, -0.05) is 36.4 Å². The quantitative estimate of drug-likeness (QED) is 0.475. The number of nitrogens with zero attached hydrogens (tertiary/aromatic N) is 3. The molecule has 2 atom stereocenters. The van der Waals surface area contributed by atoms with Crippen LogP contribution in [0.15, 0.2) is 54.9 Å². The molecule has 1 aromatic heterocycles. The topological polar surface area (TPSA) is 109 Å². The van der Waals surface area contributed by atoms with E-state index in [0.717, 1.165) is 36.8 Å². The van der Waals surface area contributed by atoms with Crippen molar-refractivity contribution in [1.82, 2.24) is 20.1 Å². The number of carbonyl (C=O) groups excluding carboxylic acids is 4. The van der Waals surface area contributed by atoms with Crippen molar-refractivity contribution in [3.8, 4) is 0 Å². The molecule has 40 heavy (non-hydrogen) atoms. The summed E-state index contributed by atoms with van der Waals surface area (Å²) in [6.07, 6.45) is 7.66. The normalized spacial score (nSPS) is 18.6. The molecule has 4 rings (SSSR count). The molecule has 0 spiro atoms.